The van der Waals surface area contributed by atoms with Crippen molar-refractivity contribution in [1.29, 1.82) is 0 Å². The van der Waals surface area contributed by atoms with E-state index in [2.05, 4.69) is 4.74 Å². The van der Waals surface area contributed by atoms with E-state index in [1.807, 2.05) is 0 Å². The van der Waals surface area contributed by atoms with Crippen LogP contribution in [0.4, 0.5) is 13.2 Å². The number of alkyl halides is 4. The second-order valence-electron chi connectivity index (χ2n) is 2.85. The lowest BCUT2D eigenvalue weighted by atomic mass is 10.1. The van der Waals surface area contributed by atoms with Gasteiger partial charge in [0.25, 0.3) is 5.56 Å². The molecule has 0 fully saturated rings. The lowest BCUT2D eigenvalue weighted by molar-refractivity contribution is -0.276. The molecule has 2 N–H and O–H groups in total. The highest BCUT2D eigenvalue weighted by Gasteiger charge is 2.32. The van der Waals surface area contributed by atoms with Crippen LogP contribution < -0.4 is 10.3 Å². The van der Waals surface area contributed by atoms with Crippen molar-refractivity contribution in [2.24, 2.45) is 0 Å². The molecular weight excluding hydrogens is 267 g/mol. The quantitative estimate of drug-likeness (QED) is 0.820. The number of aromatic amines is 1. The van der Waals surface area contributed by atoms with E-state index in [1.165, 1.54) is 0 Å². The molecule has 0 amide bonds. The smallest absolute Gasteiger partial charge is 0.477 e. The van der Waals surface area contributed by atoms with Gasteiger partial charge in [0.1, 0.15) is 5.56 Å². The Kier molecular flexibility index (Phi) is 3.66. The van der Waals surface area contributed by atoms with Crippen molar-refractivity contribution in [2.45, 2.75) is 12.2 Å². The van der Waals surface area contributed by atoms with E-state index in [4.69, 9.17) is 16.7 Å². The van der Waals surface area contributed by atoms with Crippen molar-refractivity contribution in [3.8, 4) is 5.88 Å². The van der Waals surface area contributed by atoms with Crippen molar-refractivity contribution < 1.29 is 27.8 Å². The number of aromatic carboxylic acids is 1. The van der Waals surface area contributed by atoms with Gasteiger partial charge < -0.3 is 9.84 Å². The zero-order chi connectivity index (χ0) is 13.2. The topological polar surface area (TPSA) is 79.4 Å². The van der Waals surface area contributed by atoms with Gasteiger partial charge >= 0.3 is 12.3 Å². The summed E-state index contributed by atoms with van der Waals surface area (Å²) in [5.74, 6) is -2.93. The lowest BCUT2D eigenvalue weighted by Crippen LogP contribution is -2.24. The molecule has 94 valence electrons. The van der Waals surface area contributed by atoms with Gasteiger partial charge in [0.15, 0.2) is 0 Å². The fraction of sp³-hybridized carbons (Fsp3) is 0.250. The molecule has 0 unspecified atom stereocenters. The second-order valence-corrected chi connectivity index (χ2v) is 3.12. The Hall–Kier alpha value is -1.70. The summed E-state index contributed by atoms with van der Waals surface area (Å²) in [7, 11) is 0. The van der Waals surface area contributed by atoms with Crippen molar-refractivity contribution in [3.05, 3.63) is 27.5 Å². The molecule has 1 heterocycles. The number of hydrogen-bond acceptors (Lipinski definition) is 3. The first kappa shape index (κ1) is 13.4. The number of ether oxygens (including phenoxy) is 1. The molecule has 0 aliphatic heterocycles. The van der Waals surface area contributed by atoms with Crippen LogP contribution in [0.25, 0.3) is 0 Å². The maximum absolute atomic E-state index is 11.9. The van der Waals surface area contributed by atoms with Crippen LogP contribution in [0.5, 0.6) is 5.88 Å². The number of carboxylic acids is 1. The predicted molar refractivity (Wildman–Crippen MR) is 50.3 cm³/mol. The number of rotatable bonds is 3. The van der Waals surface area contributed by atoms with E-state index in [0.29, 0.717) is 6.07 Å². The zero-order valence-corrected chi connectivity index (χ0v) is 8.72. The average Bonchev–Trinajstić information content (AvgIpc) is 2.12. The highest BCUT2D eigenvalue weighted by Crippen LogP contribution is 2.22. The fourth-order valence-electron chi connectivity index (χ4n) is 1.11. The summed E-state index contributed by atoms with van der Waals surface area (Å²) >= 11 is 5.34. The molecule has 1 rings (SSSR count). The molecule has 0 radical (unpaired) electrons. The minimum atomic E-state index is -4.99. The van der Waals surface area contributed by atoms with Crippen LogP contribution >= 0.6 is 11.6 Å². The molecule has 9 heteroatoms. The van der Waals surface area contributed by atoms with Gasteiger partial charge in [-0.3, -0.25) is 9.78 Å². The van der Waals surface area contributed by atoms with Crippen molar-refractivity contribution >= 4 is 17.6 Å². The standard InChI is InChI=1S/C8H5ClF3NO4/c9-2-3-1-4(17-8(10,11)12)13-6(14)5(3)7(15)16/h1H,2H2,(H,13,14)(H,15,16). The molecule has 0 aromatic carbocycles. The summed E-state index contributed by atoms with van der Waals surface area (Å²) in [6.45, 7) is 0. The molecule has 17 heavy (non-hydrogen) atoms. The first-order chi connectivity index (χ1) is 7.74. The Morgan fingerprint density at radius 1 is 1.53 bits per heavy atom. The highest BCUT2D eigenvalue weighted by atomic mass is 35.5. The summed E-state index contributed by atoms with van der Waals surface area (Å²) in [5, 5.41) is 8.66. The van der Waals surface area contributed by atoms with Gasteiger partial charge in [0, 0.05) is 11.9 Å². The van der Waals surface area contributed by atoms with E-state index in [9.17, 15) is 22.8 Å². The number of nitrogens with one attached hydrogen (secondary N) is 1. The molecule has 0 saturated heterocycles. The molecule has 0 aliphatic rings. The number of H-pyrrole nitrogens is 1. The number of carbonyl (C=O) groups is 1. The number of halogens is 4. The zero-order valence-electron chi connectivity index (χ0n) is 7.97. The maximum atomic E-state index is 11.9. The van der Waals surface area contributed by atoms with Crippen molar-refractivity contribution in [1.82, 2.24) is 4.98 Å². The SMILES string of the molecule is O=C(O)c1c(CCl)cc(OC(F)(F)F)[nH]c1=O. The molecule has 5 nitrogen and oxygen atoms in total. The molecule has 1 aromatic rings. The maximum Gasteiger partial charge on any atom is 0.574 e. The molecule has 0 bridgehead atoms. The van der Waals surface area contributed by atoms with E-state index in [1.54, 1.807) is 4.98 Å². The Bertz CT molecular complexity index is 497. The van der Waals surface area contributed by atoms with Gasteiger partial charge in [-0.1, -0.05) is 0 Å². The third-order valence-electron chi connectivity index (χ3n) is 1.67. The van der Waals surface area contributed by atoms with E-state index < -0.39 is 35.2 Å². The van der Waals surface area contributed by atoms with Gasteiger partial charge in [-0.15, -0.1) is 24.8 Å². The van der Waals surface area contributed by atoms with Crippen LogP contribution in [0.2, 0.25) is 0 Å². The van der Waals surface area contributed by atoms with E-state index in [0.717, 1.165) is 0 Å². The molecule has 0 spiro atoms. The first-order valence-electron chi connectivity index (χ1n) is 4.06. The minimum Gasteiger partial charge on any atom is -0.477 e. The van der Waals surface area contributed by atoms with Gasteiger partial charge in [0.05, 0.1) is 0 Å². The van der Waals surface area contributed by atoms with E-state index >= 15 is 0 Å². The van der Waals surface area contributed by atoms with E-state index in [-0.39, 0.29) is 5.56 Å². The van der Waals surface area contributed by atoms with Crippen LogP contribution in [0.3, 0.4) is 0 Å². The monoisotopic (exact) mass is 271 g/mol. The summed E-state index contributed by atoms with van der Waals surface area (Å²) in [6.07, 6.45) is -4.99. The Labute approximate surface area is 96.8 Å². The van der Waals surface area contributed by atoms with Crippen LogP contribution in [0.1, 0.15) is 15.9 Å². The van der Waals surface area contributed by atoms with Gasteiger partial charge in [-0.2, -0.15) is 0 Å². The van der Waals surface area contributed by atoms with Crippen molar-refractivity contribution in [3.63, 3.8) is 0 Å². The highest BCUT2D eigenvalue weighted by molar-refractivity contribution is 6.17. The summed E-state index contributed by atoms with van der Waals surface area (Å²) < 4.78 is 39.1. The Morgan fingerprint density at radius 2 is 2.12 bits per heavy atom. The van der Waals surface area contributed by atoms with Crippen molar-refractivity contribution in [2.75, 3.05) is 0 Å². The predicted octanol–water partition coefficient (Wildman–Crippen LogP) is 1.71. The average molecular weight is 272 g/mol. The third-order valence-corrected chi connectivity index (χ3v) is 1.96. The number of carboxylic acid groups (broad SMARTS) is 1. The summed E-state index contributed by atoms with van der Waals surface area (Å²) in [5.41, 5.74) is -2.19. The van der Waals surface area contributed by atoms with Crippen LogP contribution in [0.15, 0.2) is 10.9 Å². The largest absolute Gasteiger partial charge is 0.574 e. The fourth-order valence-corrected chi connectivity index (χ4v) is 1.32. The summed E-state index contributed by atoms with van der Waals surface area (Å²) in [6, 6.07) is 0.714. The number of hydrogen-bond donors (Lipinski definition) is 2. The van der Waals surface area contributed by atoms with Crippen LogP contribution in [-0.4, -0.2) is 22.4 Å². The van der Waals surface area contributed by atoms with Gasteiger partial charge in [-0.25, -0.2) is 4.79 Å². The molecular formula is C8H5ClF3NO4. The van der Waals surface area contributed by atoms with Crippen LogP contribution in [0, 0.1) is 0 Å². The molecule has 0 atom stereocenters. The summed E-state index contributed by atoms with van der Waals surface area (Å²) in [4.78, 5) is 23.5. The van der Waals surface area contributed by atoms with Crippen LogP contribution in [-0.2, 0) is 5.88 Å². The van der Waals surface area contributed by atoms with Gasteiger partial charge in [0.2, 0.25) is 5.88 Å². The first-order valence-corrected chi connectivity index (χ1v) is 4.59. The Balaban J connectivity index is 3.28. The normalized spacial score (nSPS) is 11.3. The Morgan fingerprint density at radius 3 is 2.53 bits per heavy atom. The number of pyridine rings is 1. The molecule has 0 saturated carbocycles. The minimum absolute atomic E-state index is 0.262. The third kappa shape index (κ3) is 3.38. The lowest BCUT2D eigenvalue weighted by Gasteiger charge is -2.10. The second kappa shape index (κ2) is 4.66. The van der Waals surface area contributed by atoms with Gasteiger partial charge in [-0.05, 0) is 5.56 Å². The molecule has 1 aromatic heterocycles. The molecule has 0 aliphatic carbocycles. The number of aromatic nitrogens is 1.